The van der Waals surface area contributed by atoms with Crippen LogP contribution in [0.5, 0.6) is 5.75 Å². The van der Waals surface area contributed by atoms with Crippen LogP contribution >= 0.6 is 0 Å². The number of benzene rings is 1. The topological polar surface area (TPSA) is 51.2 Å². The Morgan fingerprint density at radius 1 is 1.24 bits per heavy atom. The highest BCUT2D eigenvalue weighted by atomic mass is 16.5. The monoisotopic (exact) mass is 282 g/mol. The van der Waals surface area contributed by atoms with E-state index in [0.717, 1.165) is 23.4 Å². The molecule has 0 saturated carbocycles. The van der Waals surface area contributed by atoms with Gasteiger partial charge in [-0.1, -0.05) is 18.2 Å². The average molecular weight is 282 g/mol. The zero-order valence-corrected chi connectivity index (χ0v) is 12.0. The Bertz CT molecular complexity index is 610. The van der Waals surface area contributed by atoms with E-state index >= 15 is 0 Å². The minimum Gasteiger partial charge on any atom is -0.497 e. The number of hydrogen-bond acceptors (Lipinski definition) is 3. The number of ether oxygens (including phenoxy) is 1. The van der Waals surface area contributed by atoms with Gasteiger partial charge in [-0.15, -0.1) is 0 Å². The number of carbonyl (C=O) groups is 1. The molecule has 0 spiro atoms. The maximum atomic E-state index is 11.6. The third-order valence-electron chi connectivity index (χ3n) is 3.91. The van der Waals surface area contributed by atoms with Gasteiger partial charge in [-0.25, -0.2) is 0 Å². The normalized spacial score (nSPS) is 19.1. The van der Waals surface area contributed by atoms with E-state index in [4.69, 9.17) is 4.74 Å². The molecule has 108 valence electrons. The Morgan fingerprint density at radius 2 is 2.05 bits per heavy atom. The smallest absolute Gasteiger partial charge is 0.220 e. The fourth-order valence-electron chi connectivity index (χ4n) is 2.87. The van der Waals surface area contributed by atoms with Gasteiger partial charge in [0.2, 0.25) is 5.91 Å². The van der Waals surface area contributed by atoms with Crippen LogP contribution in [0.4, 0.5) is 0 Å². The largest absolute Gasteiger partial charge is 0.497 e. The fourth-order valence-corrected chi connectivity index (χ4v) is 2.87. The molecule has 21 heavy (non-hydrogen) atoms. The van der Waals surface area contributed by atoms with Gasteiger partial charge in [0.1, 0.15) is 5.75 Å². The number of nitrogens with one attached hydrogen (secondary N) is 1. The Kier molecular flexibility index (Phi) is 3.86. The maximum absolute atomic E-state index is 11.6. The van der Waals surface area contributed by atoms with Gasteiger partial charge in [0.25, 0.3) is 0 Å². The first-order valence-corrected chi connectivity index (χ1v) is 7.12. The molecule has 1 aromatic carbocycles. The van der Waals surface area contributed by atoms with E-state index in [1.165, 1.54) is 0 Å². The molecule has 4 nitrogen and oxygen atoms in total. The fraction of sp³-hybridized carbons (Fsp3) is 0.294. The van der Waals surface area contributed by atoms with Crippen LogP contribution in [0.3, 0.4) is 0 Å². The van der Waals surface area contributed by atoms with Crippen LogP contribution < -0.4 is 10.1 Å². The zero-order valence-electron chi connectivity index (χ0n) is 12.0. The number of rotatable bonds is 4. The SMILES string of the molecule is COc1ccc([C@@H](c2ccccn2)[C@H]2CCC(=O)N2)cc1. The highest BCUT2D eigenvalue weighted by Crippen LogP contribution is 2.32. The third-order valence-corrected chi connectivity index (χ3v) is 3.91. The number of amides is 1. The van der Waals surface area contributed by atoms with Crippen molar-refractivity contribution in [3.05, 3.63) is 59.9 Å². The van der Waals surface area contributed by atoms with Gasteiger partial charge in [-0.3, -0.25) is 9.78 Å². The molecule has 1 aliphatic rings. The van der Waals surface area contributed by atoms with Crippen molar-refractivity contribution >= 4 is 5.91 Å². The molecular weight excluding hydrogens is 264 g/mol. The molecule has 2 aromatic rings. The molecule has 0 aliphatic carbocycles. The number of nitrogens with zero attached hydrogens (tertiary/aromatic N) is 1. The lowest BCUT2D eigenvalue weighted by molar-refractivity contribution is -0.119. The number of methoxy groups -OCH3 is 1. The van der Waals surface area contributed by atoms with E-state index in [1.807, 2.05) is 42.5 Å². The molecule has 2 heterocycles. The van der Waals surface area contributed by atoms with Crippen LogP contribution in [0.2, 0.25) is 0 Å². The summed E-state index contributed by atoms with van der Waals surface area (Å²) in [6.45, 7) is 0. The molecule has 1 fully saturated rings. The van der Waals surface area contributed by atoms with E-state index < -0.39 is 0 Å². The zero-order chi connectivity index (χ0) is 14.7. The predicted molar refractivity (Wildman–Crippen MR) is 80.2 cm³/mol. The minimum atomic E-state index is 0.0727. The van der Waals surface area contributed by atoms with Crippen LogP contribution in [0.15, 0.2) is 48.7 Å². The van der Waals surface area contributed by atoms with E-state index in [2.05, 4.69) is 10.3 Å². The molecule has 1 aliphatic heterocycles. The summed E-state index contributed by atoms with van der Waals surface area (Å²) in [4.78, 5) is 16.1. The van der Waals surface area contributed by atoms with Gasteiger partial charge in [0, 0.05) is 30.3 Å². The maximum Gasteiger partial charge on any atom is 0.220 e. The van der Waals surface area contributed by atoms with Crippen molar-refractivity contribution in [2.24, 2.45) is 0 Å². The molecule has 1 aromatic heterocycles. The molecule has 3 rings (SSSR count). The predicted octanol–water partition coefficient (Wildman–Crippen LogP) is 2.50. The first-order valence-electron chi connectivity index (χ1n) is 7.12. The molecule has 4 heteroatoms. The molecule has 1 saturated heterocycles. The Balaban J connectivity index is 1.97. The molecule has 1 N–H and O–H groups in total. The summed E-state index contributed by atoms with van der Waals surface area (Å²) in [5, 5.41) is 3.07. The Morgan fingerprint density at radius 3 is 2.62 bits per heavy atom. The third kappa shape index (κ3) is 2.89. The number of hydrogen-bond donors (Lipinski definition) is 1. The molecule has 0 bridgehead atoms. The van der Waals surface area contributed by atoms with Crippen molar-refractivity contribution in [3.63, 3.8) is 0 Å². The van der Waals surface area contributed by atoms with Crippen molar-refractivity contribution in [3.8, 4) is 5.75 Å². The van der Waals surface area contributed by atoms with Gasteiger partial charge in [0.15, 0.2) is 0 Å². The summed E-state index contributed by atoms with van der Waals surface area (Å²) in [6.07, 6.45) is 3.22. The second kappa shape index (κ2) is 5.95. The van der Waals surface area contributed by atoms with Gasteiger partial charge in [-0.05, 0) is 36.2 Å². The first kappa shape index (κ1) is 13.6. The first-order chi connectivity index (χ1) is 10.3. The van der Waals surface area contributed by atoms with Gasteiger partial charge < -0.3 is 10.1 Å². The summed E-state index contributed by atoms with van der Waals surface area (Å²) in [5.41, 5.74) is 2.12. The quantitative estimate of drug-likeness (QED) is 0.937. The van der Waals surface area contributed by atoms with E-state index in [0.29, 0.717) is 6.42 Å². The molecule has 0 radical (unpaired) electrons. The highest BCUT2D eigenvalue weighted by molar-refractivity contribution is 5.78. The van der Waals surface area contributed by atoms with Crippen LogP contribution in [-0.2, 0) is 4.79 Å². The number of carbonyl (C=O) groups excluding carboxylic acids is 1. The van der Waals surface area contributed by atoms with E-state index in [-0.39, 0.29) is 17.9 Å². The Hall–Kier alpha value is -2.36. The Labute approximate surface area is 124 Å². The molecule has 2 atom stereocenters. The molecule has 0 unspecified atom stereocenters. The van der Waals surface area contributed by atoms with Crippen molar-refractivity contribution in [1.29, 1.82) is 0 Å². The van der Waals surface area contributed by atoms with Crippen molar-refractivity contribution in [1.82, 2.24) is 10.3 Å². The summed E-state index contributed by atoms with van der Waals surface area (Å²) < 4.78 is 5.21. The van der Waals surface area contributed by atoms with E-state index in [1.54, 1.807) is 13.3 Å². The summed E-state index contributed by atoms with van der Waals surface area (Å²) in [5.74, 6) is 1.02. The average Bonchev–Trinajstić information content (AvgIpc) is 2.95. The number of pyridine rings is 1. The van der Waals surface area contributed by atoms with Gasteiger partial charge in [-0.2, -0.15) is 0 Å². The summed E-state index contributed by atoms with van der Waals surface area (Å²) in [6, 6.07) is 14.0. The summed E-state index contributed by atoms with van der Waals surface area (Å²) in [7, 11) is 1.66. The second-order valence-corrected chi connectivity index (χ2v) is 5.22. The van der Waals surface area contributed by atoms with Crippen LogP contribution in [0.25, 0.3) is 0 Å². The lowest BCUT2D eigenvalue weighted by Gasteiger charge is -2.23. The van der Waals surface area contributed by atoms with Crippen molar-refractivity contribution in [2.45, 2.75) is 24.8 Å². The van der Waals surface area contributed by atoms with Crippen LogP contribution in [0.1, 0.15) is 30.0 Å². The highest BCUT2D eigenvalue weighted by Gasteiger charge is 2.31. The second-order valence-electron chi connectivity index (χ2n) is 5.22. The van der Waals surface area contributed by atoms with E-state index in [9.17, 15) is 4.79 Å². The van der Waals surface area contributed by atoms with Crippen molar-refractivity contribution < 1.29 is 9.53 Å². The lowest BCUT2D eigenvalue weighted by atomic mass is 9.87. The van der Waals surface area contributed by atoms with Gasteiger partial charge in [0.05, 0.1) is 7.11 Å². The van der Waals surface area contributed by atoms with Crippen molar-refractivity contribution in [2.75, 3.05) is 7.11 Å². The number of aromatic nitrogens is 1. The summed E-state index contributed by atoms with van der Waals surface area (Å²) >= 11 is 0. The van der Waals surface area contributed by atoms with Gasteiger partial charge >= 0.3 is 0 Å². The van der Waals surface area contributed by atoms with Crippen LogP contribution in [0, 0.1) is 0 Å². The minimum absolute atomic E-state index is 0.0727. The standard InChI is InChI=1S/C17H18N2O2/c1-21-13-7-5-12(6-8-13)17(14-4-2-3-11-18-14)15-9-10-16(20)19-15/h2-8,11,15,17H,9-10H2,1H3,(H,19,20)/t15-,17+/m1/s1. The molecule has 1 amide bonds. The lowest BCUT2D eigenvalue weighted by Crippen LogP contribution is -2.32. The molecular formula is C17H18N2O2. The van der Waals surface area contributed by atoms with Crippen LogP contribution in [-0.4, -0.2) is 24.0 Å².